The third kappa shape index (κ3) is 2.62. The molecule has 0 unspecified atom stereocenters. The van der Waals surface area contributed by atoms with E-state index >= 15 is 0 Å². The zero-order chi connectivity index (χ0) is 10.3. The Kier molecular flexibility index (Phi) is 4.36. The monoisotopic (exact) mass is 257 g/mol. The van der Waals surface area contributed by atoms with Crippen molar-refractivity contribution in [2.24, 2.45) is 0 Å². The van der Waals surface area contributed by atoms with Gasteiger partial charge in [0.2, 0.25) is 0 Å². The molecule has 0 radical (unpaired) electrons. The Morgan fingerprint density at radius 1 is 1.20 bits per heavy atom. The molecule has 2 aromatic rings. The van der Waals surface area contributed by atoms with Crippen LogP contribution in [0.4, 0.5) is 12.9 Å². The Labute approximate surface area is 132 Å². The van der Waals surface area contributed by atoms with Gasteiger partial charge in [-0.05, 0) is 0 Å². The minimum Gasteiger partial charge on any atom is -0.445 e. The number of para-hydroxylation sites is 1. The summed E-state index contributed by atoms with van der Waals surface area (Å²) in [7, 11) is 0. The van der Waals surface area contributed by atoms with Gasteiger partial charge in [0.15, 0.2) is 0 Å². The molecule has 0 aliphatic carbocycles. The van der Waals surface area contributed by atoms with Crippen LogP contribution in [0.3, 0.4) is 0 Å². The number of fused-ring (bicyclic) bond motifs is 1. The number of nitrogens with one attached hydrogen (secondary N) is 1. The summed E-state index contributed by atoms with van der Waals surface area (Å²) < 4.78 is 37.6. The van der Waals surface area contributed by atoms with E-state index in [1.807, 2.05) is 0 Å². The number of aromatic nitrogens is 1. The molecule has 15 heavy (non-hydrogen) atoms. The summed E-state index contributed by atoms with van der Waals surface area (Å²) in [4.78, 5) is 2.53. The molecule has 0 aliphatic heterocycles. The number of hydrogen-bond donors (Lipinski definition) is 1. The average molecular weight is 257 g/mol. The molecule has 1 aromatic carbocycles. The van der Waals surface area contributed by atoms with E-state index in [4.69, 9.17) is 11.6 Å². The molecule has 2 rings (SSSR count). The molecule has 0 fully saturated rings. The van der Waals surface area contributed by atoms with Crippen molar-refractivity contribution in [2.45, 2.75) is 0 Å². The fourth-order valence-electron chi connectivity index (χ4n) is 1.42. The summed E-state index contributed by atoms with van der Waals surface area (Å²) in [6.45, 7) is -4.99. The minimum atomic E-state index is -4.99. The number of benzene rings is 1. The van der Waals surface area contributed by atoms with Crippen molar-refractivity contribution >= 4 is 34.9 Å². The van der Waals surface area contributed by atoms with Crippen molar-refractivity contribution in [3.8, 4) is 0 Å². The van der Waals surface area contributed by atoms with Gasteiger partial charge in [0.1, 0.15) is 0 Å². The molecular weight excluding hydrogens is 252 g/mol. The number of halogens is 4. The third-order valence-electron chi connectivity index (χ3n) is 2.05. The Morgan fingerprint density at radius 2 is 1.87 bits per heavy atom. The van der Waals surface area contributed by atoms with Gasteiger partial charge in [-0.1, -0.05) is 35.3 Å². The van der Waals surface area contributed by atoms with E-state index in [0.717, 1.165) is 6.07 Å². The number of rotatable bonds is 1. The van der Waals surface area contributed by atoms with Crippen LogP contribution in [0.2, 0.25) is 5.02 Å². The predicted octanol–water partition coefficient (Wildman–Crippen LogP) is -0.120. The minimum absolute atomic E-state index is 0. The standard InChI is InChI=1S/C8H5BClF3N.K/c10-7-4-14-8-5(7)2-1-3-6(8)9(11,12)13;/h1-4,14H;/q-1;+1. The van der Waals surface area contributed by atoms with Crippen LogP contribution in [0.5, 0.6) is 0 Å². The molecule has 1 N–H and O–H groups in total. The quantitative estimate of drug-likeness (QED) is 0.686. The van der Waals surface area contributed by atoms with Crippen LogP contribution in [0.1, 0.15) is 0 Å². The van der Waals surface area contributed by atoms with Crippen LogP contribution in [0.15, 0.2) is 24.4 Å². The molecule has 1 aromatic heterocycles. The number of hydrogen-bond acceptors (Lipinski definition) is 0. The summed E-state index contributed by atoms with van der Waals surface area (Å²) in [6, 6.07) is 3.96. The van der Waals surface area contributed by atoms with Gasteiger partial charge in [-0.2, -0.15) is 0 Å². The van der Waals surface area contributed by atoms with Crippen LogP contribution >= 0.6 is 11.6 Å². The largest absolute Gasteiger partial charge is 1.00 e. The molecule has 0 amide bonds. The van der Waals surface area contributed by atoms with Crippen molar-refractivity contribution in [2.75, 3.05) is 0 Å². The van der Waals surface area contributed by atoms with Gasteiger partial charge in [-0.15, -0.1) is 0 Å². The van der Waals surface area contributed by atoms with E-state index in [1.54, 1.807) is 6.07 Å². The Hall–Kier alpha value is 0.541. The average Bonchev–Trinajstić information content (AvgIpc) is 2.46. The summed E-state index contributed by atoms with van der Waals surface area (Å²) in [5, 5.41) is 0.713. The molecular formula is C8H5BClF3KN. The Balaban J connectivity index is 0.00000112. The Morgan fingerprint density at radius 3 is 2.47 bits per heavy atom. The maximum atomic E-state index is 12.5. The van der Waals surface area contributed by atoms with E-state index in [9.17, 15) is 12.9 Å². The zero-order valence-corrected chi connectivity index (χ0v) is 11.8. The van der Waals surface area contributed by atoms with E-state index in [-0.39, 0.29) is 56.9 Å². The molecule has 1 heterocycles. The second kappa shape index (κ2) is 4.81. The summed E-state index contributed by atoms with van der Waals surface area (Å²) >= 11 is 5.70. The van der Waals surface area contributed by atoms with Gasteiger partial charge in [0, 0.05) is 17.1 Å². The molecule has 0 bridgehead atoms. The van der Waals surface area contributed by atoms with Gasteiger partial charge < -0.3 is 17.9 Å². The fraction of sp³-hybridized carbons (Fsp3) is 0. The SMILES string of the molecule is F[B-](F)(F)c1cccc2c(Cl)c[nH]c12.[K+]. The molecule has 74 valence electrons. The Bertz CT molecular complexity index is 482. The second-order valence-electron chi connectivity index (χ2n) is 2.98. The molecule has 0 aliphatic rings. The first kappa shape index (κ1) is 13.6. The molecule has 7 heteroatoms. The second-order valence-corrected chi connectivity index (χ2v) is 3.39. The maximum Gasteiger partial charge on any atom is 1.00 e. The smallest absolute Gasteiger partial charge is 0.445 e. The third-order valence-corrected chi connectivity index (χ3v) is 2.36. The fourth-order valence-corrected chi connectivity index (χ4v) is 1.63. The summed E-state index contributed by atoms with van der Waals surface area (Å²) in [5.41, 5.74) is -0.570. The molecule has 0 spiro atoms. The van der Waals surface area contributed by atoms with E-state index < -0.39 is 12.4 Å². The topological polar surface area (TPSA) is 15.8 Å². The van der Waals surface area contributed by atoms with Crippen molar-refractivity contribution in [3.63, 3.8) is 0 Å². The zero-order valence-electron chi connectivity index (χ0n) is 7.90. The van der Waals surface area contributed by atoms with Crippen molar-refractivity contribution < 1.29 is 64.3 Å². The van der Waals surface area contributed by atoms with Crippen LogP contribution in [0, 0.1) is 0 Å². The van der Waals surface area contributed by atoms with Crippen LogP contribution in [-0.4, -0.2) is 12.0 Å². The molecule has 1 nitrogen and oxygen atoms in total. The van der Waals surface area contributed by atoms with Crippen LogP contribution in [0.25, 0.3) is 10.9 Å². The first-order chi connectivity index (χ1) is 6.50. The van der Waals surface area contributed by atoms with E-state index in [2.05, 4.69) is 4.98 Å². The maximum absolute atomic E-state index is 12.5. The first-order valence-electron chi connectivity index (χ1n) is 3.95. The normalized spacial score (nSPS) is 11.5. The van der Waals surface area contributed by atoms with Crippen molar-refractivity contribution in [1.29, 1.82) is 0 Å². The van der Waals surface area contributed by atoms with Crippen LogP contribution in [-0.2, 0) is 0 Å². The van der Waals surface area contributed by atoms with Gasteiger partial charge >= 0.3 is 58.4 Å². The van der Waals surface area contributed by atoms with Gasteiger partial charge in [0.25, 0.3) is 0 Å². The first-order valence-corrected chi connectivity index (χ1v) is 4.33. The summed E-state index contributed by atoms with van der Waals surface area (Å²) in [6.07, 6.45) is 1.36. The van der Waals surface area contributed by atoms with E-state index in [0.29, 0.717) is 10.4 Å². The van der Waals surface area contributed by atoms with Crippen LogP contribution < -0.4 is 56.8 Å². The van der Waals surface area contributed by atoms with Crippen molar-refractivity contribution in [1.82, 2.24) is 4.98 Å². The van der Waals surface area contributed by atoms with Gasteiger partial charge in [0.05, 0.1) is 5.02 Å². The number of aromatic amines is 1. The van der Waals surface area contributed by atoms with Gasteiger partial charge in [-0.25, -0.2) is 0 Å². The predicted molar refractivity (Wildman–Crippen MR) is 52.0 cm³/mol. The van der Waals surface area contributed by atoms with E-state index in [1.165, 1.54) is 12.3 Å². The van der Waals surface area contributed by atoms with Gasteiger partial charge in [-0.3, -0.25) is 0 Å². The molecule has 0 atom stereocenters. The molecule has 0 saturated heterocycles. The summed E-state index contributed by atoms with van der Waals surface area (Å²) in [5.74, 6) is 0. The molecule has 0 saturated carbocycles. The van der Waals surface area contributed by atoms with Crippen molar-refractivity contribution in [3.05, 3.63) is 29.4 Å². The number of H-pyrrole nitrogens is 1.